The number of amides is 1. The predicted molar refractivity (Wildman–Crippen MR) is 126 cm³/mol. The maximum atomic E-state index is 13.3. The summed E-state index contributed by atoms with van der Waals surface area (Å²) in [7, 11) is -2.07. The van der Waals surface area contributed by atoms with Crippen molar-refractivity contribution < 1.29 is 17.9 Å². The number of methoxy groups -OCH3 is 1. The minimum atomic E-state index is -3.74. The van der Waals surface area contributed by atoms with Crippen LogP contribution in [-0.4, -0.2) is 43.6 Å². The van der Waals surface area contributed by atoms with Crippen molar-refractivity contribution in [2.75, 3.05) is 20.2 Å². The fourth-order valence-electron chi connectivity index (χ4n) is 5.31. The van der Waals surface area contributed by atoms with Crippen LogP contribution in [0.2, 0.25) is 0 Å². The lowest BCUT2D eigenvalue weighted by Gasteiger charge is -2.37. The SMILES string of the molecule is COc1cccc(-c2ccc(C3CCN(S(=O)(=O)C4(C(N)=O)CCCC4)CC3)cc2C)c1. The van der Waals surface area contributed by atoms with Gasteiger partial charge in [0.15, 0.2) is 4.75 Å². The van der Waals surface area contributed by atoms with Crippen LogP contribution in [-0.2, 0) is 14.8 Å². The van der Waals surface area contributed by atoms with Gasteiger partial charge in [-0.25, -0.2) is 12.7 Å². The largest absolute Gasteiger partial charge is 0.497 e. The number of nitrogens with zero attached hydrogens (tertiary/aromatic N) is 1. The molecule has 1 heterocycles. The molecule has 0 bridgehead atoms. The molecule has 0 aromatic heterocycles. The van der Waals surface area contributed by atoms with Gasteiger partial charge in [0.2, 0.25) is 15.9 Å². The third kappa shape index (κ3) is 3.92. The summed E-state index contributed by atoms with van der Waals surface area (Å²) < 4.78 is 32.1. The second kappa shape index (κ2) is 8.87. The van der Waals surface area contributed by atoms with Crippen LogP contribution < -0.4 is 10.5 Å². The first kappa shape index (κ1) is 22.8. The highest BCUT2D eigenvalue weighted by Crippen LogP contribution is 2.41. The molecule has 2 N–H and O–H groups in total. The number of ether oxygens (including phenoxy) is 1. The van der Waals surface area contributed by atoms with Crippen LogP contribution in [0, 0.1) is 6.92 Å². The predicted octanol–water partition coefficient (Wildman–Crippen LogP) is 3.98. The molecule has 172 valence electrons. The molecule has 32 heavy (non-hydrogen) atoms. The van der Waals surface area contributed by atoms with Gasteiger partial charge in [-0.15, -0.1) is 0 Å². The molecular weight excluding hydrogens is 424 g/mol. The Kier molecular flexibility index (Phi) is 6.32. The van der Waals surface area contributed by atoms with E-state index in [-0.39, 0.29) is 0 Å². The van der Waals surface area contributed by atoms with Crippen LogP contribution in [0.25, 0.3) is 11.1 Å². The van der Waals surface area contributed by atoms with Gasteiger partial charge < -0.3 is 10.5 Å². The molecule has 1 saturated carbocycles. The number of carbonyl (C=O) groups is 1. The monoisotopic (exact) mass is 456 g/mol. The Labute approximate surface area is 190 Å². The van der Waals surface area contributed by atoms with Crippen LogP contribution >= 0.6 is 0 Å². The molecular formula is C25H32N2O4S. The van der Waals surface area contributed by atoms with Crippen molar-refractivity contribution >= 4 is 15.9 Å². The van der Waals surface area contributed by atoms with E-state index in [2.05, 4.69) is 31.2 Å². The maximum absolute atomic E-state index is 13.3. The van der Waals surface area contributed by atoms with Gasteiger partial charge in [-0.2, -0.15) is 0 Å². The van der Waals surface area contributed by atoms with Gasteiger partial charge in [0.05, 0.1) is 7.11 Å². The number of carbonyl (C=O) groups excluding carboxylic acids is 1. The Morgan fingerprint density at radius 1 is 1.09 bits per heavy atom. The third-order valence-corrected chi connectivity index (χ3v) is 9.89. The van der Waals surface area contributed by atoms with Gasteiger partial charge >= 0.3 is 0 Å². The molecule has 6 nitrogen and oxygen atoms in total. The Morgan fingerprint density at radius 2 is 1.78 bits per heavy atom. The van der Waals surface area contributed by atoms with Gasteiger partial charge in [0, 0.05) is 13.1 Å². The van der Waals surface area contributed by atoms with Crippen molar-refractivity contribution in [3.8, 4) is 16.9 Å². The molecule has 0 spiro atoms. The van der Waals surface area contributed by atoms with E-state index in [9.17, 15) is 13.2 Å². The molecule has 1 aliphatic heterocycles. The summed E-state index contributed by atoms with van der Waals surface area (Å²) in [5.74, 6) is 0.434. The van der Waals surface area contributed by atoms with Gasteiger partial charge in [-0.1, -0.05) is 43.2 Å². The lowest BCUT2D eigenvalue weighted by Crippen LogP contribution is -2.55. The molecule has 4 rings (SSSR count). The minimum Gasteiger partial charge on any atom is -0.497 e. The zero-order valence-corrected chi connectivity index (χ0v) is 19.7. The van der Waals surface area contributed by atoms with Crippen LogP contribution in [0.5, 0.6) is 5.75 Å². The fourth-order valence-corrected chi connectivity index (χ4v) is 7.55. The van der Waals surface area contributed by atoms with Crippen LogP contribution in [0.1, 0.15) is 55.6 Å². The van der Waals surface area contributed by atoms with Crippen LogP contribution in [0.15, 0.2) is 42.5 Å². The van der Waals surface area contributed by atoms with Crippen molar-refractivity contribution in [3.63, 3.8) is 0 Å². The number of hydrogen-bond donors (Lipinski definition) is 1. The van der Waals surface area contributed by atoms with Crippen molar-refractivity contribution in [2.24, 2.45) is 5.73 Å². The zero-order valence-electron chi connectivity index (χ0n) is 18.8. The third-order valence-electron chi connectivity index (χ3n) is 7.25. The molecule has 1 amide bonds. The van der Waals surface area contributed by atoms with E-state index >= 15 is 0 Å². The minimum absolute atomic E-state index is 0.299. The van der Waals surface area contributed by atoms with E-state index in [0.29, 0.717) is 31.8 Å². The second-order valence-electron chi connectivity index (χ2n) is 9.05. The lowest BCUT2D eigenvalue weighted by atomic mass is 9.87. The zero-order chi connectivity index (χ0) is 22.9. The van der Waals surface area contributed by atoms with Crippen molar-refractivity contribution in [1.82, 2.24) is 4.31 Å². The molecule has 0 atom stereocenters. The molecule has 2 aromatic carbocycles. The second-order valence-corrected chi connectivity index (χ2v) is 11.3. The normalized spacial score (nSPS) is 19.7. The van der Waals surface area contributed by atoms with E-state index in [1.54, 1.807) is 7.11 Å². The topological polar surface area (TPSA) is 89.7 Å². The first-order valence-corrected chi connectivity index (χ1v) is 12.8. The highest BCUT2D eigenvalue weighted by molar-refractivity contribution is 7.91. The highest BCUT2D eigenvalue weighted by Gasteiger charge is 2.54. The van der Waals surface area contributed by atoms with Crippen molar-refractivity contribution in [2.45, 2.75) is 56.1 Å². The van der Waals surface area contributed by atoms with Crippen LogP contribution in [0.3, 0.4) is 0 Å². The van der Waals surface area contributed by atoms with Gasteiger partial charge in [0.25, 0.3) is 0 Å². The Morgan fingerprint density at radius 3 is 2.38 bits per heavy atom. The summed E-state index contributed by atoms with van der Waals surface area (Å²) in [6, 6.07) is 14.5. The number of hydrogen-bond acceptors (Lipinski definition) is 4. The summed E-state index contributed by atoms with van der Waals surface area (Å²) in [5.41, 5.74) is 10.3. The van der Waals surface area contributed by atoms with E-state index in [1.165, 1.54) is 15.4 Å². The fraction of sp³-hybridized carbons (Fsp3) is 0.480. The summed E-state index contributed by atoms with van der Waals surface area (Å²) in [4.78, 5) is 12.1. The molecule has 1 saturated heterocycles. The van der Waals surface area contributed by atoms with E-state index in [4.69, 9.17) is 10.5 Å². The quantitative estimate of drug-likeness (QED) is 0.712. The molecule has 0 unspecified atom stereocenters. The number of aryl methyl sites for hydroxylation is 1. The lowest BCUT2D eigenvalue weighted by molar-refractivity contribution is -0.120. The number of piperidine rings is 1. The highest BCUT2D eigenvalue weighted by atomic mass is 32.2. The average Bonchev–Trinajstić information content (AvgIpc) is 3.31. The molecule has 0 radical (unpaired) electrons. The Balaban J connectivity index is 1.49. The summed E-state index contributed by atoms with van der Waals surface area (Å²) in [6.07, 6.45) is 3.64. The molecule has 2 aromatic rings. The van der Waals surface area contributed by atoms with E-state index in [0.717, 1.165) is 42.6 Å². The number of primary amides is 1. The first-order chi connectivity index (χ1) is 15.3. The van der Waals surface area contributed by atoms with Gasteiger partial charge in [0.1, 0.15) is 5.75 Å². The molecule has 2 aliphatic rings. The van der Waals surface area contributed by atoms with Gasteiger partial charge in [-0.05, 0) is 72.9 Å². The Bertz CT molecular complexity index is 1100. The molecule has 2 fully saturated rings. The molecule has 7 heteroatoms. The average molecular weight is 457 g/mol. The number of nitrogens with two attached hydrogens (primary N) is 1. The van der Waals surface area contributed by atoms with Crippen molar-refractivity contribution in [1.29, 1.82) is 0 Å². The summed E-state index contributed by atoms with van der Waals surface area (Å²) in [6.45, 7) is 2.96. The number of benzene rings is 2. The first-order valence-electron chi connectivity index (χ1n) is 11.3. The number of sulfonamides is 1. The summed E-state index contributed by atoms with van der Waals surface area (Å²) >= 11 is 0. The van der Waals surface area contributed by atoms with Crippen LogP contribution in [0.4, 0.5) is 0 Å². The van der Waals surface area contributed by atoms with Gasteiger partial charge in [-0.3, -0.25) is 4.79 Å². The standard InChI is InChI=1S/C25H32N2O4S/c1-18-16-20(8-9-23(18)21-6-5-7-22(17-21)31-2)19-10-14-27(15-11-19)32(29,30)25(24(26)28)12-3-4-13-25/h5-9,16-17,19H,3-4,10-15H2,1-2H3,(H2,26,28). The smallest absolute Gasteiger partial charge is 0.240 e. The van der Waals surface area contributed by atoms with E-state index in [1.807, 2.05) is 18.2 Å². The number of rotatable bonds is 6. The maximum Gasteiger partial charge on any atom is 0.240 e. The molecule has 1 aliphatic carbocycles. The summed E-state index contributed by atoms with van der Waals surface area (Å²) in [5, 5.41) is 0. The van der Waals surface area contributed by atoms with E-state index < -0.39 is 20.7 Å². The van der Waals surface area contributed by atoms with Crippen molar-refractivity contribution in [3.05, 3.63) is 53.6 Å². The Hall–Kier alpha value is -2.38.